The molecule has 1 saturated heterocycles. The molecule has 2 atom stereocenters. The Morgan fingerprint density at radius 2 is 2.22 bits per heavy atom. The van der Waals surface area contributed by atoms with E-state index in [9.17, 15) is 0 Å². The van der Waals surface area contributed by atoms with Gasteiger partial charge in [0, 0.05) is 37.4 Å². The third kappa shape index (κ3) is 2.90. The summed E-state index contributed by atoms with van der Waals surface area (Å²) in [6, 6.07) is 1.14. The van der Waals surface area contributed by atoms with Crippen LogP contribution in [-0.2, 0) is 0 Å². The molecule has 0 radical (unpaired) electrons. The number of piperidine rings is 1. The van der Waals surface area contributed by atoms with E-state index in [0.717, 1.165) is 24.3 Å². The molecule has 2 unspecified atom stereocenters. The molecule has 5 nitrogen and oxygen atoms in total. The fourth-order valence-electron chi connectivity index (χ4n) is 2.32. The smallest absolute Gasteiger partial charge is 0.224 e. The second-order valence-electron chi connectivity index (χ2n) is 5.17. The fourth-order valence-corrected chi connectivity index (χ4v) is 2.32. The van der Waals surface area contributed by atoms with Gasteiger partial charge in [0.2, 0.25) is 5.95 Å². The second-order valence-corrected chi connectivity index (χ2v) is 5.17. The molecule has 0 bridgehead atoms. The van der Waals surface area contributed by atoms with Crippen LogP contribution in [0.1, 0.15) is 25.3 Å². The largest absolute Gasteiger partial charge is 0.367 e. The topological polar surface area (TPSA) is 53.1 Å². The maximum atomic E-state index is 4.48. The zero-order valence-corrected chi connectivity index (χ0v) is 11.7. The minimum atomic E-state index is 0.509. The molecule has 0 amide bonds. The number of aryl methyl sites for hydroxylation is 1. The average Bonchev–Trinajstić information content (AvgIpc) is 2.36. The van der Waals surface area contributed by atoms with Gasteiger partial charge in [-0.25, -0.2) is 4.98 Å². The molecule has 1 aliphatic heterocycles. The third-order valence-corrected chi connectivity index (χ3v) is 3.74. The first kappa shape index (κ1) is 13.1. The number of rotatable bonds is 3. The monoisotopic (exact) mass is 249 g/mol. The predicted octanol–water partition coefficient (Wildman–Crippen LogP) is 1.72. The van der Waals surface area contributed by atoms with Crippen LogP contribution in [0.3, 0.4) is 0 Å². The van der Waals surface area contributed by atoms with Crippen molar-refractivity contribution in [1.82, 2.24) is 14.9 Å². The van der Waals surface area contributed by atoms with Crippen molar-refractivity contribution in [2.75, 3.05) is 31.3 Å². The molecule has 1 fully saturated rings. The predicted molar refractivity (Wildman–Crippen MR) is 75.1 cm³/mol. The fraction of sp³-hybridized carbons (Fsp3) is 0.692. The van der Waals surface area contributed by atoms with Crippen LogP contribution >= 0.6 is 0 Å². The summed E-state index contributed by atoms with van der Waals surface area (Å²) >= 11 is 0. The summed E-state index contributed by atoms with van der Waals surface area (Å²) in [5.41, 5.74) is 1.10. The lowest BCUT2D eigenvalue weighted by molar-refractivity contribution is 0.190. The summed E-state index contributed by atoms with van der Waals surface area (Å²) in [7, 11) is 4.03. The van der Waals surface area contributed by atoms with Crippen molar-refractivity contribution < 1.29 is 0 Å². The van der Waals surface area contributed by atoms with E-state index in [0.29, 0.717) is 18.0 Å². The minimum absolute atomic E-state index is 0.509. The van der Waals surface area contributed by atoms with Crippen molar-refractivity contribution in [3.05, 3.63) is 11.8 Å². The molecule has 18 heavy (non-hydrogen) atoms. The van der Waals surface area contributed by atoms with Crippen LogP contribution < -0.4 is 10.6 Å². The summed E-state index contributed by atoms with van der Waals surface area (Å²) < 4.78 is 0. The highest BCUT2D eigenvalue weighted by Gasteiger charge is 2.23. The van der Waals surface area contributed by atoms with Crippen molar-refractivity contribution in [3.8, 4) is 0 Å². The van der Waals surface area contributed by atoms with E-state index in [4.69, 9.17) is 0 Å². The Labute approximate surface area is 109 Å². The van der Waals surface area contributed by atoms with Crippen molar-refractivity contribution in [1.29, 1.82) is 0 Å². The third-order valence-electron chi connectivity index (χ3n) is 3.74. The Kier molecular flexibility index (Phi) is 4.01. The number of nitrogens with one attached hydrogen (secondary N) is 2. The zero-order chi connectivity index (χ0) is 13.1. The number of anilines is 2. The van der Waals surface area contributed by atoms with E-state index in [2.05, 4.69) is 39.5 Å². The minimum Gasteiger partial charge on any atom is -0.367 e. The summed E-state index contributed by atoms with van der Waals surface area (Å²) in [6.07, 6.45) is 4.19. The molecule has 1 aromatic heterocycles. The Bertz CT molecular complexity index is 406. The lowest BCUT2D eigenvalue weighted by Gasteiger charge is -2.35. The lowest BCUT2D eigenvalue weighted by atomic mass is 9.99. The van der Waals surface area contributed by atoms with Gasteiger partial charge in [-0.2, -0.15) is 4.98 Å². The molecule has 0 aliphatic carbocycles. The SMILES string of the molecule is CNc1ncc(C)c(NC2CCN(C)C(C)C2)n1. The molecule has 5 heteroatoms. The molecule has 2 heterocycles. The van der Waals surface area contributed by atoms with Crippen LogP contribution in [-0.4, -0.2) is 47.6 Å². The highest BCUT2D eigenvalue weighted by Crippen LogP contribution is 2.21. The highest BCUT2D eigenvalue weighted by molar-refractivity contribution is 5.47. The molecule has 100 valence electrons. The molecule has 1 aliphatic rings. The van der Waals surface area contributed by atoms with Gasteiger partial charge >= 0.3 is 0 Å². The Morgan fingerprint density at radius 1 is 1.44 bits per heavy atom. The summed E-state index contributed by atoms with van der Waals surface area (Å²) in [5, 5.41) is 6.53. The van der Waals surface area contributed by atoms with E-state index < -0.39 is 0 Å². The van der Waals surface area contributed by atoms with Crippen molar-refractivity contribution in [3.63, 3.8) is 0 Å². The molecule has 0 aromatic carbocycles. The Morgan fingerprint density at radius 3 is 2.89 bits per heavy atom. The van der Waals surface area contributed by atoms with Crippen LogP contribution in [0, 0.1) is 6.92 Å². The highest BCUT2D eigenvalue weighted by atomic mass is 15.2. The maximum absolute atomic E-state index is 4.48. The summed E-state index contributed by atoms with van der Waals surface area (Å²) in [4.78, 5) is 11.1. The molecule has 0 spiro atoms. The van der Waals surface area contributed by atoms with Crippen molar-refractivity contribution >= 4 is 11.8 Å². The van der Waals surface area contributed by atoms with Gasteiger partial charge in [-0.3, -0.25) is 0 Å². The number of hydrogen-bond acceptors (Lipinski definition) is 5. The molecule has 2 N–H and O–H groups in total. The Balaban J connectivity index is 2.05. The normalized spacial score (nSPS) is 24.9. The molecule has 1 aromatic rings. The van der Waals surface area contributed by atoms with Gasteiger partial charge in [-0.1, -0.05) is 0 Å². The lowest BCUT2D eigenvalue weighted by Crippen LogP contribution is -2.42. The number of nitrogens with zero attached hydrogens (tertiary/aromatic N) is 3. The van der Waals surface area contributed by atoms with Gasteiger partial charge in [-0.15, -0.1) is 0 Å². The van der Waals surface area contributed by atoms with E-state index in [1.807, 2.05) is 20.2 Å². The van der Waals surface area contributed by atoms with Crippen LogP contribution in [0.15, 0.2) is 6.20 Å². The molecular formula is C13H23N5. The molecule has 2 rings (SSSR count). The van der Waals surface area contributed by atoms with E-state index in [1.54, 1.807) is 0 Å². The van der Waals surface area contributed by atoms with Gasteiger partial charge in [0.05, 0.1) is 0 Å². The van der Waals surface area contributed by atoms with E-state index >= 15 is 0 Å². The quantitative estimate of drug-likeness (QED) is 0.854. The van der Waals surface area contributed by atoms with E-state index in [-0.39, 0.29) is 0 Å². The Hall–Kier alpha value is -1.36. The van der Waals surface area contributed by atoms with Crippen LogP contribution in [0.25, 0.3) is 0 Å². The van der Waals surface area contributed by atoms with Crippen molar-refractivity contribution in [2.45, 2.75) is 38.8 Å². The van der Waals surface area contributed by atoms with Gasteiger partial charge in [0.1, 0.15) is 5.82 Å². The molecule has 0 saturated carbocycles. The first-order chi connectivity index (χ1) is 8.60. The standard InChI is InChI=1S/C13H23N5/c1-9-8-15-13(14-3)17-12(9)16-11-5-6-18(4)10(2)7-11/h8,10-11H,5-7H2,1-4H3,(H2,14,15,16,17). The molecular weight excluding hydrogens is 226 g/mol. The van der Waals surface area contributed by atoms with Crippen LogP contribution in [0.5, 0.6) is 0 Å². The number of hydrogen-bond donors (Lipinski definition) is 2. The maximum Gasteiger partial charge on any atom is 0.224 e. The van der Waals surface area contributed by atoms with Crippen LogP contribution in [0.4, 0.5) is 11.8 Å². The van der Waals surface area contributed by atoms with Crippen LogP contribution in [0.2, 0.25) is 0 Å². The van der Waals surface area contributed by atoms with Gasteiger partial charge in [0.15, 0.2) is 0 Å². The van der Waals surface area contributed by atoms with Gasteiger partial charge < -0.3 is 15.5 Å². The number of likely N-dealkylation sites (tertiary alicyclic amines) is 1. The first-order valence-corrected chi connectivity index (χ1v) is 6.58. The average molecular weight is 249 g/mol. The van der Waals surface area contributed by atoms with Crippen molar-refractivity contribution in [2.24, 2.45) is 0 Å². The summed E-state index contributed by atoms with van der Waals surface area (Å²) in [6.45, 7) is 5.46. The van der Waals surface area contributed by atoms with Gasteiger partial charge in [-0.05, 0) is 33.7 Å². The second kappa shape index (κ2) is 5.52. The first-order valence-electron chi connectivity index (χ1n) is 6.58. The van der Waals surface area contributed by atoms with E-state index in [1.165, 1.54) is 6.42 Å². The number of aromatic nitrogens is 2. The summed E-state index contributed by atoms with van der Waals surface area (Å²) in [5.74, 6) is 1.63. The van der Waals surface area contributed by atoms with Gasteiger partial charge in [0.25, 0.3) is 0 Å². The zero-order valence-electron chi connectivity index (χ0n) is 11.7.